The first-order valence-electron chi connectivity index (χ1n) is 4.15. The number of nitrogens with zero attached hydrogens (tertiary/aromatic N) is 4. The predicted molar refractivity (Wildman–Crippen MR) is 39.9 cm³/mol. The second-order valence-corrected chi connectivity index (χ2v) is 3.06. The zero-order chi connectivity index (χ0) is 7.68. The van der Waals surface area contributed by atoms with E-state index < -0.39 is 0 Å². The molecule has 1 aliphatic carbocycles. The lowest BCUT2D eigenvalue weighted by molar-refractivity contribution is 0.484. The van der Waals surface area contributed by atoms with Gasteiger partial charge in [0.25, 0.3) is 0 Å². The Labute approximate surface area is 65.6 Å². The molecule has 1 aromatic rings. The number of hydrogen-bond acceptors (Lipinski definition) is 3. The SMILES string of the molecule is CCc1nnn(CC2CC2)n1. The smallest absolute Gasteiger partial charge is 0.164 e. The number of rotatable bonds is 3. The van der Waals surface area contributed by atoms with E-state index in [9.17, 15) is 0 Å². The van der Waals surface area contributed by atoms with Gasteiger partial charge in [0.15, 0.2) is 5.82 Å². The average Bonchev–Trinajstić information content (AvgIpc) is 2.68. The minimum Gasteiger partial charge on any atom is -0.164 e. The summed E-state index contributed by atoms with van der Waals surface area (Å²) in [6.45, 7) is 3.01. The summed E-state index contributed by atoms with van der Waals surface area (Å²) < 4.78 is 0. The van der Waals surface area contributed by atoms with Crippen LogP contribution in [0.15, 0.2) is 0 Å². The first-order chi connectivity index (χ1) is 5.38. The Kier molecular flexibility index (Phi) is 1.60. The van der Waals surface area contributed by atoms with E-state index >= 15 is 0 Å². The Morgan fingerprint density at radius 2 is 2.36 bits per heavy atom. The summed E-state index contributed by atoms with van der Waals surface area (Å²) in [7, 11) is 0. The Bertz CT molecular complexity index is 238. The number of tetrazole rings is 1. The van der Waals surface area contributed by atoms with Crippen LogP contribution in [0.3, 0.4) is 0 Å². The van der Waals surface area contributed by atoms with E-state index in [2.05, 4.69) is 15.4 Å². The monoisotopic (exact) mass is 152 g/mol. The van der Waals surface area contributed by atoms with E-state index in [-0.39, 0.29) is 0 Å². The molecule has 0 N–H and O–H groups in total. The van der Waals surface area contributed by atoms with Gasteiger partial charge in [0.1, 0.15) is 0 Å². The van der Waals surface area contributed by atoms with Crippen LogP contribution in [-0.4, -0.2) is 20.2 Å². The van der Waals surface area contributed by atoms with Crippen molar-refractivity contribution in [1.82, 2.24) is 20.2 Å². The molecule has 0 aliphatic heterocycles. The highest BCUT2D eigenvalue weighted by molar-refractivity contribution is 4.76. The fourth-order valence-corrected chi connectivity index (χ4v) is 1.03. The van der Waals surface area contributed by atoms with Gasteiger partial charge in [-0.15, -0.1) is 10.2 Å². The summed E-state index contributed by atoms with van der Waals surface area (Å²) >= 11 is 0. The highest BCUT2D eigenvalue weighted by Gasteiger charge is 2.22. The van der Waals surface area contributed by atoms with Crippen molar-refractivity contribution in [2.75, 3.05) is 0 Å². The van der Waals surface area contributed by atoms with Gasteiger partial charge in [-0.05, 0) is 24.0 Å². The summed E-state index contributed by atoms with van der Waals surface area (Å²) in [4.78, 5) is 1.72. The van der Waals surface area contributed by atoms with E-state index in [1.54, 1.807) is 4.80 Å². The first kappa shape index (κ1) is 6.76. The fraction of sp³-hybridized carbons (Fsp3) is 0.857. The highest BCUT2D eigenvalue weighted by Crippen LogP contribution is 2.29. The molecule has 0 amide bonds. The molecule has 0 spiro atoms. The molecule has 4 heteroatoms. The third-order valence-electron chi connectivity index (χ3n) is 1.93. The number of aryl methyl sites for hydroxylation is 1. The standard InChI is InChI=1S/C7H12N4/c1-2-7-8-10-11(9-7)5-6-3-4-6/h6H,2-5H2,1H3. The second kappa shape index (κ2) is 2.60. The van der Waals surface area contributed by atoms with E-state index in [1.807, 2.05) is 6.92 Å². The van der Waals surface area contributed by atoms with Gasteiger partial charge >= 0.3 is 0 Å². The van der Waals surface area contributed by atoms with Crippen molar-refractivity contribution in [2.24, 2.45) is 5.92 Å². The minimum atomic E-state index is 0.828. The molecule has 2 rings (SSSR count). The van der Waals surface area contributed by atoms with Crippen molar-refractivity contribution in [3.63, 3.8) is 0 Å². The van der Waals surface area contributed by atoms with Gasteiger partial charge in [-0.25, -0.2) is 0 Å². The second-order valence-electron chi connectivity index (χ2n) is 3.06. The molecule has 0 aromatic carbocycles. The maximum absolute atomic E-state index is 4.20. The van der Waals surface area contributed by atoms with Crippen LogP contribution in [-0.2, 0) is 13.0 Å². The van der Waals surface area contributed by atoms with Crippen molar-refractivity contribution >= 4 is 0 Å². The molecule has 0 atom stereocenters. The van der Waals surface area contributed by atoms with E-state index in [0.29, 0.717) is 0 Å². The van der Waals surface area contributed by atoms with Gasteiger partial charge in [-0.2, -0.15) is 4.80 Å². The Morgan fingerprint density at radius 1 is 1.55 bits per heavy atom. The molecule has 1 saturated carbocycles. The molecule has 1 aromatic heterocycles. The van der Waals surface area contributed by atoms with Crippen LogP contribution in [0.4, 0.5) is 0 Å². The van der Waals surface area contributed by atoms with Gasteiger partial charge in [-0.1, -0.05) is 6.92 Å². The summed E-state index contributed by atoms with van der Waals surface area (Å²) in [5, 5.41) is 12.0. The van der Waals surface area contributed by atoms with Crippen molar-refractivity contribution in [3.8, 4) is 0 Å². The van der Waals surface area contributed by atoms with Crippen LogP contribution < -0.4 is 0 Å². The van der Waals surface area contributed by atoms with Crippen molar-refractivity contribution < 1.29 is 0 Å². The molecule has 11 heavy (non-hydrogen) atoms. The molecule has 1 fully saturated rings. The van der Waals surface area contributed by atoms with Crippen LogP contribution in [0.2, 0.25) is 0 Å². The quantitative estimate of drug-likeness (QED) is 0.638. The third-order valence-corrected chi connectivity index (χ3v) is 1.93. The third kappa shape index (κ3) is 1.56. The molecule has 1 heterocycles. The molecular formula is C7H12N4. The van der Waals surface area contributed by atoms with Crippen molar-refractivity contribution in [1.29, 1.82) is 0 Å². The molecule has 0 saturated heterocycles. The molecule has 1 aliphatic rings. The molecule has 4 nitrogen and oxygen atoms in total. The maximum Gasteiger partial charge on any atom is 0.174 e. The predicted octanol–water partition coefficient (Wildman–Crippen LogP) is 0.645. The van der Waals surface area contributed by atoms with Crippen LogP contribution in [0.25, 0.3) is 0 Å². The van der Waals surface area contributed by atoms with Gasteiger partial charge in [0.2, 0.25) is 0 Å². The van der Waals surface area contributed by atoms with Crippen LogP contribution in [0, 0.1) is 5.92 Å². The zero-order valence-corrected chi connectivity index (χ0v) is 6.69. The zero-order valence-electron chi connectivity index (χ0n) is 6.69. The number of aromatic nitrogens is 4. The first-order valence-corrected chi connectivity index (χ1v) is 4.15. The normalized spacial score (nSPS) is 17.2. The van der Waals surface area contributed by atoms with Gasteiger partial charge in [0.05, 0.1) is 6.54 Å². The summed E-state index contributed by atoms with van der Waals surface area (Å²) in [6.07, 6.45) is 3.55. The van der Waals surface area contributed by atoms with Crippen LogP contribution in [0.5, 0.6) is 0 Å². The van der Waals surface area contributed by atoms with Crippen LogP contribution in [0.1, 0.15) is 25.6 Å². The van der Waals surface area contributed by atoms with Crippen molar-refractivity contribution in [3.05, 3.63) is 5.82 Å². The lowest BCUT2D eigenvalue weighted by atomic mass is 10.4. The van der Waals surface area contributed by atoms with Crippen molar-refractivity contribution in [2.45, 2.75) is 32.7 Å². The summed E-state index contributed by atoms with van der Waals surface area (Å²) in [5.74, 6) is 1.68. The minimum absolute atomic E-state index is 0.828. The number of hydrogen-bond donors (Lipinski definition) is 0. The van der Waals surface area contributed by atoms with Crippen LogP contribution >= 0.6 is 0 Å². The van der Waals surface area contributed by atoms with Gasteiger partial charge in [0, 0.05) is 6.42 Å². The largest absolute Gasteiger partial charge is 0.174 e. The lowest BCUT2D eigenvalue weighted by Gasteiger charge is -1.91. The van der Waals surface area contributed by atoms with E-state index in [4.69, 9.17) is 0 Å². The summed E-state index contributed by atoms with van der Waals surface area (Å²) in [6, 6.07) is 0. The van der Waals surface area contributed by atoms with E-state index in [1.165, 1.54) is 12.8 Å². The Hall–Kier alpha value is -0.930. The highest BCUT2D eigenvalue weighted by atomic mass is 15.6. The van der Waals surface area contributed by atoms with E-state index in [0.717, 1.165) is 24.7 Å². The molecule has 0 unspecified atom stereocenters. The fourth-order valence-electron chi connectivity index (χ4n) is 1.03. The topological polar surface area (TPSA) is 43.6 Å². The molecule has 60 valence electrons. The molecule has 0 bridgehead atoms. The Morgan fingerprint density at radius 3 is 2.91 bits per heavy atom. The summed E-state index contributed by atoms with van der Waals surface area (Å²) in [5.41, 5.74) is 0. The molecule has 0 radical (unpaired) electrons. The van der Waals surface area contributed by atoms with Gasteiger partial charge < -0.3 is 0 Å². The van der Waals surface area contributed by atoms with Gasteiger partial charge in [-0.3, -0.25) is 0 Å². The lowest BCUT2D eigenvalue weighted by Crippen LogP contribution is -2.04. The maximum atomic E-state index is 4.20. The molecular weight excluding hydrogens is 140 g/mol. The average molecular weight is 152 g/mol. The Balaban J connectivity index is 1.99.